The van der Waals surface area contributed by atoms with Crippen molar-refractivity contribution in [2.45, 2.75) is 0 Å². The molecule has 5 heavy (non-hydrogen) atoms. The van der Waals surface area contributed by atoms with Gasteiger partial charge in [-0.3, -0.25) is 0 Å². The molecule has 3 heteroatoms. The van der Waals surface area contributed by atoms with Crippen LogP contribution in [0.25, 0.3) is 0 Å². The lowest BCUT2D eigenvalue weighted by Crippen LogP contribution is -1.60. The zero-order valence-electron chi connectivity index (χ0n) is 2.38. The smallest absolute Gasteiger partial charge is 0.194 e. The summed E-state index contributed by atoms with van der Waals surface area (Å²) in [6.45, 7) is 0. The van der Waals surface area contributed by atoms with Crippen molar-refractivity contribution in [3.05, 3.63) is 10.8 Å². The minimum atomic E-state index is -2.67. The molecule has 28 valence electrons. The minimum Gasteiger partial charge on any atom is -0.220 e. The van der Waals surface area contributed by atoms with E-state index in [2.05, 4.69) is 0 Å². The molecule has 0 aromatic heterocycles. The van der Waals surface area contributed by atoms with E-state index in [0.717, 1.165) is 10.8 Å². The third-order valence-electron chi connectivity index (χ3n) is 0.358. The molecule has 0 saturated heterocycles. The Balaban J connectivity index is 3.28. The molecule has 0 aromatic carbocycles. The summed E-state index contributed by atoms with van der Waals surface area (Å²) in [6.07, 6.45) is 0. The fraction of sp³-hybridized carbons (Fsp3) is 0. The maximum absolute atomic E-state index is 9.63. The molecule has 2 nitrogen and oxygen atoms in total. The molecule has 0 spiro atoms. The van der Waals surface area contributed by atoms with E-state index in [1.165, 1.54) is 0 Å². The lowest BCUT2D eigenvalue weighted by Gasteiger charge is -1.49. The first-order chi connectivity index (χ1) is 2.21. The summed E-state index contributed by atoms with van der Waals surface area (Å²) in [5.74, 6) is 0. The van der Waals surface area contributed by atoms with Gasteiger partial charge in [0.1, 0.15) is 0 Å². The molecular weight excluding hydrogens is 88.1 g/mol. The van der Waals surface area contributed by atoms with Crippen LogP contribution in [0.1, 0.15) is 0 Å². The highest BCUT2D eigenvalue weighted by atomic mass is 32.2. The standard InChI is InChI=1S/C2H2O2S/c3-5(4)1-2-5/h1-2H. The van der Waals surface area contributed by atoms with Crippen LogP contribution in [0, 0.1) is 0 Å². The van der Waals surface area contributed by atoms with Crippen LogP contribution in [0.5, 0.6) is 0 Å². The van der Waals surface area contributed by atoms with Gasteiger partial charge in [0.15, 0.2) is 9.84 Å². The van der Waals surface area contributed by atoms with Gasteiger partial charge in [-0.05, 0) is 0 Å². The second kappa shape index (κ2) is 0.452. The molecular formula is C2H2O2S. The molecule has 0 fully saturated rings. The number of sulfone groups is 1. The molecule has 0 radical (unpaired) electrons. The van der Waals surface area contributed by atoms with Crippen molar-refractivity contribution >= 4 is 9.84 Å². The lowest BCUT2D eigenvalue weighted by molar-refractivity contribution is 0.617. The third-order valence-corrected chi connectivity index (χ3v) is 1.07. The highest BCUT2D eigenvalue weighted by Gasteiger charge is 2.11. The predicted octanol–water partition coefficient (Wildman–Crippen LogP) is -0.114. The first-order valence-corrected chi connectivity index (χ1v) is 2.75. The Labute approximate surface area is 30.0 Å². The van der Waals surface area contributed by atoms with Gasteiger partial charge in [-0.25, -0.2) is 8.42 Å². The number of hydrogen-bond acceptors (Lipinski definition) is 2. The van der Waals surface area contributed by atoms with Crippen molar-refractivity contribution in [3.8, 4) is 0 Å². The van der Waals surface area contributed by atoms with E-state index in [1.54, 1.807) is 0 Å². The molecule has 0 atom stereocenters. The maximum Gasteiger partial charge on any atom is 0.194 e. The van der Waals surface area contributed by atoms with Crippen LogP contribution >= 0.6 is 0 Å². The molecule has 1 rings (SSSR count). The van der Waals surface area contributed by atoms with Gasteiger partial charge in [0, 0.05) is 10.8 Å². The van der Waals surface area contributed by atoms with E-state index in [4.69, 9.17) is 0 Å². The van der Waals surface area contributed by atoms with Gasteiger partial charge < -0.3 is 0 Å². The van der Waals surface area contributed by atoms with Crippen LogP contribution in [-0.4, -0.2) is 8.42 Å². The van der Waals surface area contributed by atoms with E-state index >= 15 is 0 Å². The normalized spacial score (nSPS) is 26.4. The quantitative estimate of drug-likeness (QED) is 0.415. The lowest BCUT2D eigenvalue weighted by atomic mass is 11.3. The molecule has 0 amide bonds. The van der Waals surface area contributed by atoms with Gasteiger partial charge in [-0.1, -0.05) is 0 Å². The summed E-state index contributed by atoms with van der Waals surface area (Å²) in [6, 6.07) is 0. The van der Waals surface area contributed by atoms with Crippen LogP contribution < -0.4 is 0 Å². The van der Waals surface area contributed by atoms with Crippen molar-refractivity contribution in [2.75, 3.05) is 0 Å². The highest BCUT2D eigenvalue weighted by Crippen LogP contribution is 2.07. The van der Waals surface area contributed by atoms with E-state index in [-0.39, 0.29) is 0 Å². The fourth-order valence-electron chi connectivity index (χ4n) is 0.0454. The van der Waals surface area contributed by atoms with Gasteiger partial charge in [0.25, 0.3) is 0 Å². The summed E-state index contributed by atoms with van der Waals surface area (Å²) >= 11 is 0. The summed E-state index contributed by atoms with van der Waals surface area (Å²) in [5, 5.41) is 2.32. The highest BCUT2D eigenvalue weighted by molar-refractivity contribution is 8.03. The molecule has 0 bridgehead atoms. The van der Waals surface area contributed by atoms with Gasteiger partial charge >= 0.3 is 0 Å². The van der Waals surface area contributed by atoms with Gasteiger partial charge in [0.2, 0.25) is 0 Å². The van der Waals surface area contributed by atoms with E-state index < -0.39 is 9.84 Å². The summed E-state index contributed by atoms with van der Waals surface area (Å²) < 4.78 is 19.3. The molecule has 0 N–H and O–H groups in total. The molecule has 0 unspecified atom stereocenters. The predicted molar refractivity (Wildman–Crippen MR) is 18.1 cm³/mol. The van der Waals surface area contributed by atoms with Gasteiger partial charge in [0.05, 0.1) is 0 Å². The summed E-state index contributed by atoms with van der Waals surface area (Å²) in [4.78, 5) is 0. The number of rotatable bonds is 0. The van der Waals surface area contributed by atoms with Crippen molar-refractivity contribution in [1.29, 1.82) is 0 Å². The van der Waals surface area contributed by atoms with Crippen molar-refractivity contribution < 1.29 is 8.42 Å². The Morgan fingerprint density at radius 2 is 1.40 bits per heavy atom. The SMILES string of the molecule is O=S1(=O)C=C1. The van der Waals surface area contributed by atoms with Crippen molar-refractivity contribution in [3.63, 3.8) is 0 Å². The Bertz CT molecular complexity index is 122. The maximum atomic E-state index is 9.63. The molecule has 1 aliphatic rings. The summed E-state index contributed by atoms with van der Waals surface area (Å²) in [7, 11) is -2.67. The average Bonchev–Trinajstić information content (AvgIpc) is 1.76. The molecule has 0 aliphatic carbocycles. The monoisotopic (exact) mass is 90.0 g/mol. The van der Waals surface area contributed by atoms with E-state index in [0.29, 0.717) is 0 Å². The van der Waals surface area contributed by atoms with Gasteiger partial charge in [-0.15, -0.1) is 0 Å². The van der Waals surface area contributed by atoms with Crippen LogP contribution in [0.3, 0.4) is 0 Å². The topological polar surface area (TPSA) is 34.1 Å². The Morgan fingerprint density at radius 3 is 1.40 bits per heavy atom. The minimum absolute atomic E-state index is 1.16. The Morgan fingerprint density at radius 1 is 1.20 bits per heavy atom. The van der Waals surface area contributed by atoms with Crippen LogP contribution in [-0.2, 0) is 9.84 Å². The van der Waals surface area contributed by atoms with Crippen LogP contribution in [0.4, 0.5) is 0 Å². The molecule has 0 saturated carbocycles. The molecule has 0 aromatic rings. The fourth-order valence-corrected chi connectivity index (χ4v) is 0.408. The molecule has 1 heterocycles. The van der Waals surface area contributed by atoms with E-state index in [1.807, 2.05) is 0 Å². The summed E-state index contributed by atoms with van der Waals surface area (Å²) in [5.41, 5.74) is 0. The number of hydrogen-bond donors (Lipinski definition) is 0. The van der Waals surface area contributed by atoms with Crippen LogP contribution in [0.15, 0.2) is 10.8 Å². The first kappa shape index (κ1) is 2.90. The second-order valence-electron chi connectivity index (χ2n) is 0.861. The second-order valence-corrected chi connectivity index (χ2v) is 2.58. The Hall–Kier alpha value is -0.310. The average molecular weight is 90.1 g/mol. The Kier molecular flexibility index (Phi) is 0.262. The third kappa shape index (κ3) is 0.479. The van der Waals surface area contributed by atoms with Crippen molar-refractivity contribution in [2.24, 2.45) is 0 Å². The van der Waals surface area contributed by atoms with Crippen molar-refractivity contribution in [1.82, 2.24) is 0 Å². The van der Waals surface area contributed by atoms with Gasteiger partial charge in [-0.2, -0.15) is 0 Å². The first-order valence-electron chi connectivity index (χ1n) is 1.14. The largest absolute Gasteiger partial charge is 0.220 e. The zero-order chi connectivity index (χ0) is 3.91. The van der Waals surface area contributed by atoms with E-state index in [9.17, 15) is 8.42 Å². The van der Waals surface area contributed by atoms with Crippen LogP contribution in [0.2, 0.25) is 0 Å². The molecule has 1 aliphatic heterocycles. The zero-order valence-corrected chi connectivity index (χ0v) is 3.20.